The Balaban J connectivity index is 0.00000225. The number of rotatable bonds is 9. The highest BCUT2D eigenvalue weighted by molar-refractivity contribution is 6.05. The number of nitrogens with one attached hydrogen (secondary N) is 4. The molecule has 0 saturated carbocycles. The first-order chi connectivity index (χ1) is 22.5. The molecule has 1 amide bonds. The van der Waals surface area contributed by atoms with Crippen LogP contribution < -0.4 is 25.4 Å². The molecule has 4 N–H and O–H groups in total. The molecule has 14 heteroatoms. The lowest BCUT2D eigenvalue weighted by molar-refractivity contribution is 0.102. The van der Waals surface area contributed by atoms with Crippen LogP contribution in [0.15, 0.2) is 78.9 Å². The SMILES string of the molecule is Cl.Cl.O=C(Nc1ccc(O[C@H]2CCNC2)c(-c2ccc(-c3nn[nH]n3)cc2)c1)c1ccc(O[C@H]2CCNC2)c(-c2ccc(F)c(F)c2)c1. The highest BCUT2D eigenvalue weighted by Gasteiger charge is 2.22. The number of carbonyl (C=O) groups excluding carboxylic acids is 1. The Hall–Kier alpha value is -4.62. The molecule has 0 spiro atoms. The normalized spacial score (nSPS) is 16.9. The molecule has 10 nitrogen and oxygen atoms in total. The third-order valence-electron chi connectivity index (χ3n) is 8.13. The summed E-state index contributed by atoms with van der Waals surface area (Å²) in [5, 5.41) is 23.7. The number of halogens is 4. The molecule has 5 aromatic rings. The first-order valence-corrected chi connectivity index (χ1v) is 15.1. The van der Waals surface area contributed by atoms with Gasteiger partial charge in [-0.3, -0.25) is 4.79 Å². The highest BCUT2D eigenvalue weighted by Crippen LogP contribution is 2.36. The zero-order valence-corrected chi connectivity index (χ0v) is 27.2. The van der Waals surface area contributed by atoms with E-state index in [-0.39, 0.29) is 42.9 Å². The molecular weight excluding hydrogens is 663 g/mol. The predicted octanol–water partition coefficient (Wildman–Crippen LogP) is 6.06. The van der Waals surface area contributed by atoms with Gasteiger partial charge in [-0.25, -0.2) is 8.78 Å². The summed E-state index contributed by atoms with van der Waals surface area (Å²) < 4.78 is 40.6. The maximum atomic E-state index is 14.3. The number of tetrazole rings is 1. The Morgan fingerprint density at radius 1 is 0.729 bits per heavy atom. The summed E-state index contributed by atoms with van der Waals surface area (Å²) in [5.41, 5.74) is 4.29. The lowest BCUT2D eigenvalue weighted by Crippen LogP contribution is -2.20. The van der Waals surface area contributed by atoms with Gasteiger partial charge in [-0.2, -0.15) is 5.21 Å². The third kappa shape index (κ3) is 7.74. The topological polar surface area (TPSA) is 126 Å². The van der Waals surface area contributed by atoms with Gasteiger partial charge in [-0.05, 0) is 90.8 Å². The molecule has 0 bridgehead atoms. The van der Waals surface area contributed by atoms with Gasteiger partial charge in [0.1, 0.15) is 23.7 Å². The first kappa shape index (κ1) is 34.7. The molecule has 7 rings (SSSR count). The van der Waals surface area contributed by atoms with E-state index in [1.165, 1.54) is 6.07 Å². The fourth-order valence-electron chi connectivity index (χ4n) is 5.70. The Labute approximate surface area is 287 Å². The maximum absolute atomic E-state index is 14.3. The van der Waals surface area contributed by atoms with Gasteiger partial charge in [0, 0.05) is 41.0 Å². The summed E-state index contributed by atoms with van der Waals surface area (Å²) in [6, 6.07) is 21.9. The number of nitrogens with zero attached hydrogens (tertiary/aromatic N) is 3. The molecule has 1 aromatic heterocycles. The molecule has 0 unspecified atom stereocenters. The molecule has 48 heavy (non-hydrogen) atoms. The van der Waals surface area contributed by atoms with Crippen LogP contribution in [0.25, 0.3) is 33.6 Å². The number of carbonyl (C=O) groups is 1. The number of ether oxygens (including phenoxy) is 2. The Kier molecular flexibility index (Phi) is 11.2. The van der Waals surface area contributed by atoms with E-state index in [9.17, 15) is 13.6 Å². The van der Waals surface area contributed by atoms with E-state index in [2.05, 4.69) is 36.6 Å². The maximum Gasteiger partial charge on any atom is 0.255 e. The van der Waals surface area contributed by atoms with Crippen molar-refractivity contribution in [3.63, 3.8) is 0 Å². The summed E-state index contributed by atoms with van der Waals surface area (Å²) in [6.45, 7) is 3.16. The molecule has 2 aliphatic rings. The number of aromatic amines is 1. The van der Waals surface area contributed by atoms with Crippen LogP contribution in [0.4, 0.5) is 14.5 Å². The van der Waals surface area contributed by atoms with Crippen LogP contribution in [0, 0.1) is 11.6 Å². The summed E-state index contributed by atoms with van der Waals surface area (Å²) in [6.07, 6.45) is 1.68. The summed E-state index contributed by atoms with van der Waals surface area (Å²) in [5.74, 6) is -0.621. The lowest BCUT2D eigenvalue weighted by atomic mass is 10.0. The lowest BCUT2D eigenvalue weighted by Gasteiger charge is -2.19. The zero-order valence-electron chi connectivity index (χ0n) is 25.5. The van der Waals surface area contributed by atoms with Gasteiger partial charge in [0.15, 0.2) is 11.6 Å². The molecule has 0 aliphatic carbocycles. The van der Waals surface area contributed by atoms with Gasteiger partial charge < -0.3 is 25.4 Å². The minimum Gasteiger partial charge on any atom is -0.488 e. The van der Waals surface area contributed by atoms with Crippen LogP contribution in [0.3, 0.4) is 0 Å². The van der Waals surface area contributed by atoms with Crippen molar-refractivity contribution in [2.45, 2.75) is 25.0 Å². The van der Waals surface area contributed by atoms with Crippen LogP contribution in [0.1, 0.15) is 23.2 Å². The Bertz CT molecular complexity index is 1850. The number of benzene rings is 4. The zero-order chi connectivity index (χ0) is 31.5. The molecule has 250 valence electrons. The van der Waals surface area contributed by atoms with Gasteiger partial charge in [-0.15, -0.1) is 35.0 Å². The van der Waals surface area contributed by atoms with Crippen molar-refractivity contribution in [3.8, 4) is 45.1 Å². The second kappa shape index (κ2) is 15.5. The van der Waals surface area contributed by atoms with Crippen LogP contribution in [0.2, 0.25) is 0 Å². The molecule has 2 saturated heterocycles. The number of hydrogen-bond acceptors (Lipinski definition) is 8. The van der Waals surface area contributed by atoms with Gasteiger partial charge in [0.05, 0.1) is 0 Å². The van der Waals surface area contributed by atoms with Gasteiger partial charge >= 0.3 is 0 Å². The molecule has 4 aromatic carbocycles. The molecule has 2 aliphatic heterocycles. The monoisotopic (exact) mass is 695 g/mol. The van der Waals surface area contributed by atoms with Crippen molar-refractivity contribution in [2.75, 3.05) is 31.5 Å². The first-order valence-electron chi connectivity index (χ1n) is 15.1. The van der Waals surface area contributed by atoms with E-state index >= 15 is 0 Å². The predicted molar refractivity (Wildman–Crippen MR) is 183 cm³/mol. The van der Waals surface area contributed by atoms with Crippen LogP contribution >= 0.6 is 24.8 Å². The average molecular weight is 697 g/mol. The van der Waals surface area contributed by atoms with E-state index in [1.54, 1.807) is 24.3 Å². The van der Waals surface area contributed by atoms with Gasteiger partial charge in [0.2, 0.25) is 5.82 Å². The number of hydrogen-bond donors (Lipinski definition) is 4. The summed E-state index contributed by atoms with van der Waals surface area (Å²) in [7, 11) is 0. The molecule has 2 atom stereocenters. The molecule has 2 fully saturated rings. The molecule has 0 radical (unpaired) electrons. The van der Waals surface area contributed by atoms with E-state index in [0.29, 0.717) is 46.2 Å². The second-order valence-electron chi connectivity index (χ2n) is 11.3. The van der Waals surface area contributed by atoms with Crippen molar-refractivity contribution >= 4 is 36.4 Å². The quantitative estimate of drug-likeness (QED) is 0.147. The van der Waals surface area contributed by atoms with Crippen LogP contribution in [-0.4, -0.2) is 64.9 Å². The van der Waals surface area contributed by atoms with Gasteiger partial charge in [0.25, 0.3) is 5.91 Å². The van der Waals surface area contributed by atoms with E-state index < -0.39 is 11.6 Å². The Morgan fingerprint density at radius 2 is 1.35 bits per heavy atom. The van der Waals surface area contributed by atoms with E-state index in [1.807, 2.05) is 36.4 Å². The fraction of sp³-hybridized carbons (Fsp3) is 0.235. The smallest absolute Gasteiger partial charge is 0.255 e. The van der Waals surface area contributed by atoms with Gasteiger partial charge in [-0.1, -0.05) is 30.3 Å². The largest absolute Gasteiger partial charge is 0.488 e. The number of aromatic nitrogens is 4. The van der Waals surface area contributed by atoms with Crippen molar-refractivity contribution in [1.82, 2.24) is 31.3 Å². The number of amides is 1. The average Bonchev–Trinajstić information content (AvgIpc) is 3.89. The fourth-order valence-corrected chi connectivity index (χ4v) is 5.70. The minimum absolute atomic E-state index is 0. The van der Waals surface area contributed by atoms with Crippen LogP contribution in [-0.2, 0) is 0 Å². The summed E-state index contributed by atoms with van der Waals surface area (Å²) >= 11 is 0. The molecular formula is C34H33Cl2F2N7O3. The summed E-state index contributed by atoms with van der Waals surface area (Å²) in [4.78, 5) is 13.6. The van der Waals surface area contributed by atoms with Crippen molar-refractivity contribution in [3.05, 3.63) is 96.1 Å². The Morgan fingerprint density at radius 3 is 1.96 bits per heavy atom. The third-order valence-corrected chi connectivity index (χ3v) is 8.13. The van der Waals surface area contributed by atoms with Crippen molar-refractivity contribution in [2.24, 2.45) is 0 Å². The number of anilines is 1. The van der Waals surface area contributed by atoms with E-state index in [0.717, 1.165) is 61.3 Å². The molecule has 3 heterocycles. The van der Waals surface area contributed by atoms with Crippen molar-refractivity contribution < 1.29 is 23.0 Å². The standard InChI is InChI=1S/C34H31F2N7O3.2ClH/c35-29-8-5-22(16-30(29)36)27-15-23(6-9-31(27)45-25-11-13-37-18-25)34(44)39-24-7-10-32(46-26-12-14-38-19-26)28(17-24)20-1-3-21(4-2-20)33-40-42-43-41-33;;/h1-10,15-17,25-26,37-38H,11-14,18-19H2,(H,39,44)(H,40,41,42,43);2*1H/t25-,26-;;/m0../s1. The van der Waals surface area contributed by atoms with Crippen LogP contribution in [0.5, 0.6) is 11.5 Å². The number of H-pyrrole nitrogens is 1. The van der Waals surface area contributed by atoms with Crippen molar-refractivity contribution in [1.29, 1.82) is 0 Å². The minimum atomic E-state index is -0.977. The van der Waals surface area contributed by atoms with E-state index in [4.69, 9.17) is 9.47 Å². The second-order valence-corrected chi connectivity index (χ2v) is 11.3. The highest BCUT2D eigenvalue weighted by atomic mass is 35.5.